The smallest absolute Gasteiger partial charge is 0.328 e. The van der Waals surface area contributed by atoms with Crippen molar-refractivity contribution >= 4 is 11.9 Å². The predicted octanol–water partition coefficient (Wildman–Crippen LogP) is 0.651. The highest BCUT2D eigenvalue weighted by Gasteiger charge is 2.38. The maximum absolute atomic E-state index is 10.8. The second kappa shape index (κ2) is 4.84. The number of carboxylic acid groups (broad SMARTS) is 1. The van der Waals surface area contributed by atoms with Gasteiger partial charge >= 0.3 is 11.9 Å². The van der Waals surface area contributed by atoms with Crippen LogP contribution in [0.25, 0.3) is 0 Å². The largest absolute Gasteiger partial charge is 0.506 e. The Morgan fingerprint density at radius 2 is 2.12 bits per heavy atom. The molecule has 6 heteroatoms. The number of aliphatic hydroxyl groups excluding tert-OH is 1. The van der Waals surface area contributed by atoms with E-state index in [2.05, 4.69) is 4.74 Å². The number of aliphatic carboxylic acids is 1. The number of hydrogen-bond donors (Lipinski definition) is 3. The molecule has 0 amide bonds. The molecule has 0 aliphatic heterocycles. The number of carbonyl (C=O) groups excluding carboxylic acids is 1. The van der Waals surface area contributed by atoms with Crippen LogP contribution in [0.5, 0.6) is 0 Å². The molecule has 0 aromatic carbocycles. The molecule has 17 heavy (non-hydrogen) atoms. The van der Waals surface area contributed by atoms with E-state index in [4.69, 9.17) is 5.11 Å². The summed E-state index contributed by atoms with van der Waals surface area (Å²) in [5, 5.41) is 27.7. The lowest BCUT2D eigenvalue weighted by molar-refractivity contribution is -0.201. The summed E-state index contributed by atoms with van der Waals surface area (Å²) >= 11 is 0. The van der Waals surface area contributed by atoms with Crippen molar-refractivity contribution in [1.82, 2.24) is 0 Å². The Kier molecular flexibility index (Phi) is 3.69. The first-order valence-electron chi connectivity index (χ1n) is 4.77. The second-order valence-corrected chi connectivity index (χ2v) is 3.52. The average molecular weight is 240 g/mol. The van der Waals surface area contributed by atoms with Crippen LogP contribution in [-0.2, 0) is 14.3 Å². The first-order valence-corrected chi connectivity index (χ1v) is 4.77. The van der Waals surface area contributed by atoms with Crippen LogP contribution in [0, 0.1) is 0 Å². The van der Waals surface area contributed by atoms with Crippen molar-refractivity contribution in [1.29, 1.82) is 0 Å². The summed E-state index contributed by atoms with van der Waals surface area (Å²) in [7, 11) is 0. The lowest BCUT2D eigenvalue weighted by atomic mass is 9.97. The zero-order chi connectivity index (χ0) is 13.1. The molecule has 0 fully saturated rings. The third kappa shape index (κ3) is 3.46. The van der Waals surface area contributed by atoms with Crippen LogP contribution in [0.1, 0.15) is 13.3 Å². The summed E-state index contributed by atoms with van der Waals surface area (Å²) in [5.74, 6) is -4.52. The van der Waals surface area contributed by atoms with Crippen LogP contribution in [-0.4, -0.2) is 33.0 Å². The van der Waals surface area contributed by atoms with Gasteiger partial charge in [0, 0.05) is 19.4 Å². The van der Waals surface area contributed by atoms with E-state index < -0.39 is 23.5 Å². The zero-order valence-electron chi connectivity index (χ0n) is 9.08. The average Bonchev–Trinajstić information content (AvgIpc) is 2.19. The highest BCUT2D eigenvalue weighted by atomic mass is 16.7. The van der Waals surface area contributed by atoms with Gasteiger partial charge in [-0.3, -0.25) is 4.79 Å². The third-order valence-corrected chi connectivity index (χ3v) is 2.05. The van der Waals surface area contributed by atoms with Crippen molar-refractivity contribution in [3.8, 4) is 0 Å². The molecule has 1 atom stereocenters. The molecule has 3 N–H and O–H groups in total. The molecule has 0 heterocycles. The fourth-order valence-corrected chi connectivity index (χ4v) is 1.36. The van der Waals surface area contributed by atoms with E-state index in [0.29, 0.717) is 5.57 Å². The summed E-state index contributed by atoms with van der Waals surface area (Å²) in [6.07, 6.45) is 4.50. The number of esters is 1. The molecule has 1 aliphatic rings. The van der Waals surface area contributed by atoms with Gasteiger partial charge in [0.15, 0.2) is 5.76 Å². The molecular formula is C11H12O6. The summed E-state index contributed by atoms with van der Waals surface area (Å²) < 4.78 is 4.60. The van der Waals surface area contributed by atoms with Crippen molar-refractivity contribution < 1.29 is 29.6 Å². The topological polar surface area (TPSA) is 104 Å². The number of rotatable bonds is 3. The Morgan fingerprint density at radius 3 is 2.65 bits per heavy atom. The predicted molar refractivity (Wildman–Crippen MR) is 56.9 cm³/mol. The lowest BCUT2D eigenvalue weighted by Gasteiger charge is -2.29. The summed E-state index contributed by atoms with van der Waals surface area (Å²) in [6, 6.07) is 0. The minimum atomic E-state index is -2.13. The Labute approximate surface area is 97.1 Å². The molecule has 0 saturated heterocycles. The van der Waals surface area contributed by atoms with Crippen LogP contribution in [0.3, 0.4) is 0 Å². The Balaban J connectivity index is 2.88. The number of ether oxygens (including phenoxy) is 1. The Morgan fingerprint density at radius 1 is 1.47 bits per heavy atom. The van der Waals surface area contributed by atoms with E-state index >= 15 is 0 Å². The Hall–Kier alpha value is -2.08. The van der Waals surface area contributed by atoms with Gasteiger partial charge in [-0.05, 0) is 11.6 Å². The first kappa shape index (κ1) is 13.0. The monoisotopic (exact) mass is 240 g/mol. The van der Waals surface area contributed by atoms with Crippen molar-refractivity contribution in [3.63, 3.8) is 0 Å². The van der Waals surface area contributed by atoms with E-state index in [0.717, 1.165) is 19.1 Å². The molecular weight excluding hydrogens is 228 g/mol. The van der Waals surface area contributed by atoms with Gasteiger partial charge in [-0.25, -0.2) is 4.79 Å². The fraction of sp³-hybridized carbons (Fsp3) is 0.273. The molecule has 0 spiro atoms. The van der Waals surface area contributed by atoms with Gasteiger partial charge in [0.05, 0.1) is 0 Å². The number of carbonyl (C=O) groups is 2. The van der Waals surface area contributed by atoms with Crippen molar-refractivity contribution in [2.24, 2.45) is 0 Å². The van der Waals surface area contributed by atoms with E-state index in [1.165, 1.54) is 12.2 Å². The third-order valence-electron chi connectivity index (χ3n) is 2.05. The lowest BCUT2D eigenvalue weighted by Crippen LogP contribution is -2.38. The normalized spacial score (nSPS) is 24.1. The van der Waals surface area contributed by atoms with E-state index in [1.807, 2.05) is 0 Å². The number of aliphatic hydroxyl groups is 2. The maximum Gasteiger partial charge on any atom is 0.328 e. The molecule has 6 nitrogen and oxygen atoms in total. The van der Waals surface area contributed by atoms with Gasteiger partial charge in [-0.15, -0.1) is 0 Å². The quantitative estimate of drug-likeness (QED) is 0.380. The first-order chi connectivity index (χ1) is 7.83. The summed E-state index contributed by atoms with van der Waals surface area (Å²) in [5.41, 5.74) is 0.411. The highest BCUT2D eigenvalue weighted by Crippen LogP contribution is 2.29. The number of hydrogen-bond acceptors (Lipinski definition) is 5. The van der Waals surface area contributed by atoms with E-state index in [-0.39, 0.29) is 6.42 Å². The van der Waals surface area contributed by atoms with Gasteiger partial charge in [0.2, 0.25) is 0 Å². The van der Waals surface area contributed by atoms with Crippen LogP contribution in [0.4, 0.5) is 0 Å². The van der Waals surface area contributed by atoms with Crippen molar-refractivity contribution in [3.05, 3.63) is 35.6 Å². The minimum Gasteiger partial charge on any atom is -0.506 e. The van der Waals surface area contributed by atoms with Gasteiger partial charge < -0.3 is 20.1 Å². The second-order valence-electron chi connectivity index (χ2n) is 3.52. The maximum atomic E-state index is 10.8. The van der Waals surface area contributed by atoms with Crippen LogP contribution >= 0.6 is 0 Å². The molecule has 1 unspecified atom stereocenters. The molecule has 0 aromatic rings. The van der Waals surface area contributed by atoms with Crippen LogP contribution in [0.2, 0.25) is 0 Å². The Bertz CT molecular complexity index is 431. The van der Waals surface area contributed by atoms with Crippen molar-refractivity contribution in [2.75, 3.05) is 0 Å². The van der Waals surface area contributed by atoms with Crippen LogP contribution < -0.4 is 0 Å². The van der Waals surface area contributed by atoms with Gasteiger partial charge in [0.25, 0.3) is 5.79 Å². The molecule has 1 rings (SSSR count). The fourth-order valence-electron chi connectivity index (χ4n) is 1.36. The molecule has 92 valence electrons. The van der Waals surface area contributed by atoms with E-state index in [1.54, 1.807) is 0 Å². The molecule has 0 radical (unpaired) electrons. The van der Waals surface area contributed by atoms with Crippen LogP contribution in [0.15, 0.2) is 35.6 Å². The SMILES string of the molecule is CC(=O)OC1(O)CC(C=CC(=O)O)=CC=C1O. The molecule has 1 aliphatic carbocycles. The van der Waals surface area contributed by atoms with Crippen molar-refractivity contribution in [2.45, 2.75) is 19.1 Å². The minimum absolute atomic E-state index is 0.210. The van der Waals surface area contributed by atoms with Gasteiger partial charge in [-0.2, -0.15) is 0 Å². The summed E-state index contributed by atoms with van der Waals surface area (Å²) in [4.78, 5) is 21.1. The number of carboxylic acids is 1. The van der Waals surface area contributed by atoms with Gasteiger partial charge in [0.1, 0.15) is 0 Å². The molecule has 0 bridgehead atoms. The molecule has 0 aromatic heterocycles. The van der Waals surface area contributed by atoms with E-state index in [9.17, 15) is 19.8 Å². The standard InChI is InChI=1S/C11H12O6/c1-7(12)17-11(16)6-8(2-4-9(11)13)3-5-10(14)15/h2-5,13,16H,6H2,1H3,(H,14,15). The molecule has 0 saturated carbocycles. The zero-order valence-corrected chi connectivity index (χ0v) is 9.08. The van der Waals surface area contributed by atoms with Gasteiger partial charge in [-0.1, -0.05) is 12.2 Å². The highest BCUT2D eigenvalue weighted by molar-refractivity contribution is 5.80. The number of allylic oxidation sites excluding steroid dienone is 3. The summed E-state index contributed by atoms with van der Waals surface area (Å²) in [6.45, 7) is 1.09.